The maximum Gasteiger partial charge on any atom is 0.0555 e. The molecule has 0 aromatic heterocycles. The SMILES string of the molecule is CNCCO.COCCCN. The minimum absolute atomic E-state index is 0.233. The molecule has 4 heteroatoms. The summed E-state index contributed by atoms with van der Waals surface area (Å²) in [6.07, 6.45) is 0.969. The van der Waals surface area contributed by atoms with Crippen LogP contribution in [0.15, 0.2) is 0 Å². The second kappa shape index (κ2) is 16.4. The molecule has 0 heterocycles. The summed E-state index contributed by atoms with van der Waals surface area (Å²) in [5.74, 6) is 0. The number of aliphatic hydroxyl groups is 1. The van der Waals surface area contributed by atoms with Crippen molar-refractivity contribution in [2.75, 3.05) is 40.5 Å². The van der Waals surface area contributed by atoms with Gasteiger partial charge in [-0.3, -0.25) is 0 Å². The molecule has 0 aromatic carbocycles. The number of nitrogens with one attached hydrogen (secondary N) is 1. The minimum atomic E-state index is 0.233. The molecule has 0 radical (unpaired) electrons. The van der Waals surface area contributed by atoms with Crippen molar-refractivity contribution in [3.8, 4) is 0 Å². The molecule has 0 aliphatic rings. The predicted octanol–water partition coefficient (Wildman–Crippen LogP) is -0.820. The average molecular weight is 164 g/mol. The lowest BCUT2D eigenvalue weighted by atomic mass is 10.5. The lowest BCUT2D eigenvalue weighted by Gasteiger charge is -1.89. The monoisotopic (exact) mass is 164 g/mol. The van der Waals surface area contributed by atoms with Crippen molar-refractivity contribution in [2.45, 2.75) is 6.42 Å². The fourth-order valence-electron chi connectivity index (χ4n) is 0.339. The summed E-state index contributed by atoms with van der Waals surface area (Å²) in [5, 5.41) is 10.8. The summed E-state index contributed by atoms with van der Waals surface area (Å²) in [6, 6.07) is 0. The Hall–Kier alpha value is -0.160. The first-order valence-electron chi connectivity index (χ1n) is 3.77. The van der Waals surface area contributed by atoms with E-state index in [2.05, 4.69) is 5.32 Å². The highest BCUT2D eigenvalue weighted by molar-refractivity contribution is 4.31. The molecule has 70 valence electrons. The van der Waals surface area contributed by atoms with Gasteiger partial charge in [0.05, 0.1) is 6.61 Å². The first kappa shape index (κ1) is 13.4. The molecule has 0 amide bonds. The maximum absolute atomic E-state index is 8.00. The molecule has 4 nitrogen and oxygen atoms in total. The Morgan fingerprint density at radius 2 is 2.18 bits per heavy atom. The number of nitrogens with two attached hydrogens (primary N) is 1. The van der Waals surface area contributed by atoms with Gasteiger partial charge in [-0.25, -0.2) is 0 Å². The Kier molecular flexibility index (Phi) is 20.1. The van der Waals surface area contributed by atoms with Crippen LogP contribution in [0.25, 0.3) is 0 Å². The molecule has 0 saturated carbocycles. The molecule has 0 atom stereocenters. The molecule has 0 bridgehead atoms. The van der Waals surface area contributed by atoms with Crippen LogP contribution in [0, 0.1) is 0 Å². The van der Waals surface area contributed by atoms with Gasteiger partial charge in [-0.15, -0.1) is 0 Å². The topological polar surface area (TPSA) is 67.5 Å². The number of hydrogen-bond donors (Lipinski definition) is 3. The highest BCUT2D eigenvalue weighted by atomic mass is 16.5. The Balaban J connectivity index is 0. The van der Waals surface area contributed by atoms with Crippen molar-refractivity contribution < 1.29 is 9.84 Å². The van der Waals surface area contributed by atoms with Gasteiger partial charge in [0, 0.05) is 20.3 Å². The second-order valence-electron chi connectivity index (χ2n) is 1.96. The van der Waals surface area contributed by atoms with Crippen LogP contribution in [-0.2, 0) is 4.74 Å². The first-order valence-corrected chi connectivity index (χ1v) is 3.77. The first-order chi connectivity index (χ1) is 5.33. The Morgan fingerprint density at radius 1 is 1.55 bits per heavy atom. The Bertz CT molecular complexity index is 47.7. The van der Waals surface area contributed by atoms with Crippen molar-refractivity contribution in [1.82, 2.24) is 5.32 Å². The highest BCUT2D eigenvalue weighted by Gasteiger charge is 1.74. The van der Waals surface area contributed by atoms with Crippen molar-refractivity contribution >= 4 is 0 Å². The van der Waals surface area contributed by atoms with Crippen LogP contribution < -0.4 is 11.1 Å². The van der Waals surface area contributed by atoms with Crippen molar-refractivity contribution in [3.05, 3.63) is 0 Å². The van der Waals surface area contributed by atoms with E-state index >= 15 is 0 Å². The molecule has 0 fully saturated rings. The molecule has 11 heavy (non-hydrogen) atoms. The quantitative estimate of drug-likeness (QED) is 0.464. The second-order valence-corrected chi connectivity index (χ2v) is 1.96. The summed E-state index contributed by atoms with van der Waals surface area (Å²) in [6.45, 7) is 2.45. The molecule has 0 saturated heterocycles. The van der Waals surface area contributed by atoms with E-state index in [1.54, 1.807) is 14.2 Å². The number of likely N-dealkylation sites (N-methyl/N-ethyl adjacent to an activating group) is 1. The van der Waals surface area contributed by atoms with Crippen LogP contribution in [0.2, 0.25) is 0 Å². The van der Waals surface area contributed by atoms with Gasteiger partial charge in [-0.1, -0.05) is 0 Å². The van der Waals surface area contributed by atoms with Crippen LogP contribution in [0.1, 0.15) is 6.42 Å². The van der Waals surface area contributed by atoms with Crippen molar-refractivity contribution in [3.63, 3.8) is 0 Å². The third-order valence-corrected chi connectivity index (χ3v) is 0.914. The number of rotatable bonds is 5. The van der Waals surface area contributed by atoms with E-state index in [1.807, 2.05) is 0 Å². The fourth-order valence-corrected chi connectivity index (χ4v) is 0.339. The number of aliphatic hydroxyl groups excluding tert-OH is 1. The van der Waals surface area contributed by atoms with Gasteiger partial charge >= 0.3 is 0 Å². The van der Waals surface area contributed by atoms with E-state index in [9.17, 15) is 0 Å². The fraction of sp³-hybridized carbons (Fsp3) is 1.00. The van der Waals surface area contributed by atoms with E-state index < -0.39 is 0 Å². The molecule has 0 aliphatic carbocycles. The zero-order chi connectivity index (χ0) is 8.95. The van der Waals surface area contributed by atoms with Gasteiger partial charge in [0.15, 0.2) is 0 Å². The minimum Gasteiger partial charge on any atom is -0.395 e. The molecular weight excluding hydrogens is 144 g/mol. The summed E-state index contributed by atoms with van der Waals surface area (Å²) in [4.78, 5) is 0. The zero-order valence-electron chi connectivity index (χ0n) is 7.47. The van der Waals surface area contributed by atoms with Crippen LogP contribution in [0.4, 0.5) is 0 Å². The average Bonchev–Trinajstić information content (AvgIpc) is 2.04. The number of hydrogen-bond acceptors (Lipinski definition) is 4. The lowest BCUT2D eigenvalue weighted by molar-refractivity contribution is 0.197. The van der Waals surface area contributed by atoms with E-state index in [0.717, 1.165) is 19.6 Å². The molecule has 0 aliphatic heterocycles. The molecule has 4 N–H and O–H groups in total. The van der Waals surface area contributed by atoms with Crippen LogP contribution in [0.3, 0.4) is 0 Å². The van der Waals surface area contributed by atoms with E-state index in [4.69, 9.17) is 15.6 Å². The van der Waals surface area contributed by atoms with Gasteiger partial charge in [-0.05, 0) is 20.0 Å². The summed E-state index contributed by atoms with van der Waals surface area (Å²) < 4.78 is 4.70. The van der Waals surface area contributed by atoms with Gasteiger partial charge in [-0.2, -0.15) is 0 Å². The zero-order valence-corrected chi connectivity index (χ0v) is 7.47. The van der Waals surface area contributed by atoms with Gasteiger partial charge in [0.1, 0.15) is 0 Å². The van der Waals surface area contributed by atoms with Crippen LogP contribution in [-0.4, -0.2) is 45.6 Å². The predicted molar refractivity (Wildman–Crippen MR) is 46.6 cm³/mol. The molecule has 0 spiro atoms. The van der Waals surface area contributed by atoms with Crippen molar-refractivity contribution in [2.24, 2.45) is 5.73 Å². The number of ether oxygens (including phenoxy) is 1. The Morgan fingerprint density at radius 3 is 2.27 bits per heavy atom. The van der Waals surface area contributed by atoms with Crippen LogP contribution in [0.5, 0.6) is 0 Å². The summed E-state index contributed by atoms with van der Waals surface area (Å²) >= 11 is 0. The third kappa shape index (κ3) is 25.8. The molecule has 0 rings (SSSR count). The maximum atomic E-state index is 8.00. The van der Waals surface area contributed by atoms with E-state index in [0.29, 0.717) is 6.54 Å². The van der Waals surface area contributed by atoms with Gasteiger partial charge in [0.2, 0.25) is 0 Å². The lowest BCUT2D eigenvalue weighted by Crippen LogP contribution is -2.10. The molecule has 0 aromatic rings. The van der Waals surface area contributed by atoms with Gasteiger partial charge in [0.25, 0.3) is 0 Å². The number of methoxy groups -OCH3 is 1. The standard InChI is InChI=1S/C4H11NO.C3H9NO/c1-6-4-2-3-5;1-4-2-3-5/h2-5H2,1H3;4-5H,2-3H2,1H3. The third-order valence-electron chi connectivity index (χ3n) is 0.914. The van der Waals surface area contributed by atoms with Gasteiger partial charge < -0.3 is 20.9 Å². The molecular formula is C7H20N2O2. The molecule has 0 unspecified atom stereocenters. The Labute approximate surface area is 68.7 Å². The van der Waals surface area contributed by atoms with E-state index in [1.165, 1.54) is 0 Å². The largest absolute Gasteiger partial charge is 0.395 e. The summed E-state index contributed by atoms with van der Waals surface area (Å²) in [7, 11) is 3.48. The van der Waals surface area contributed by atoms with Crippen LogP contribution >= 0.6 is 0 Å². The van der Waals surface area contributed by atoms with Crippen molar-refractivity contribution in [1.29, 1.82) is 0 Å². The highest BCUT2D eigenvalue weighted by Crippen LogP contribution is 1.70. The normalized spacial score (nSPS) is 8.73. The summed E-state index contributed by atoms with van der Waals surface area (Å²) in [5.41, 5.74) is 5.13. The van der Waals surface area contributed by atoms with E-state index in [-0.39, 0.29) is 6.61 Å². The smallest absolute Gasteiger partial charge is 0.0555 e.